The summed E-state index contributed by atoms with van der Waals surface area (Å²) in [6, 6.07) is 10.9. The minimum atomic E-state index is 1.20. The van der Waals surface area contributed by atoms with Crippen LogP contribution >= 0.6 is 0 Å². The van der Waals surface area contributed by atoms with Crippen LogP contribution in [0.15, 0.2) is 30.3 Å². The molecule has 146 valence electrons. The fraction of sp³-hybridized carbons (Fsp3) is 0.680. The molecule has 1 heteroatoms. The van der Waals surface area contributed by atoms with Gasteiger partial charge in [0.1, 0.15) is 0 Å². The van der Waals surface area contributed by atoms with Crippen molar-refractivity contribution in [2.75, 3.05) is 0 Å². The first kappa shape index (κ1) is 21.1. The molecule has 0 saturated carbocycles. The molecule has 1 aromatic heterocycles. The van der Waals surface area contributed by atoms with Gasteiger partial charge >= 0.3 is 0 Å². The van der Waals surface area contributed by atoms with Crippen molar-refractivity contribution >= 4 is 10.9 Å². The number of aromatic nitrogens is 1. The number of rotatable bonds is 16. The molecule has 0 bridgehead atoms. The first-order chi connectivity index (χ1) is 12.9. The van der Waals surface area contributed by atoms with Crippen molar-refractivity contribution in [2.24, 2.45) is 0 Å². The second-order valence-corrected chi connectivity index (χ2v) is 8.08. The van der Waals surface area contributed by atoms with Gasteiger partial charge in [-0.3, -0.25) is 0 Å². The van der Waals surface area contributed by atoms with Gasteiger partial charge in [-0.15, -0.1) is 0 Å². The van der Waals surface area contributed by atoms with Gasteiger partial charge in [-0.05, 0) is 30.4 Å². The molecular formula is C25H41N. The Morgan fingerprint density at radius 1 is 0.615 bits per heavy atom. The maximum atomic E-state index is 3.55. The van der Waals surface area contributed by atoms with Crippen LogP contribution in [0.2, 0.25) is 0 Å². The van der Waals surface area contributed by atoms with Crippen molar-refractivity contribution < 1.29 is 0 Å². The molecular weight excluding hydrogens is 314 g/mol. The van der Waals surface area contributed by atoms with Gasteiger partial charge in [0, 0.05) is 11.2 Å². The van der Waals surface area contributed by atoms with Crippen LogP contribution in [0.4, 0.5) is 0 Å². The smallest absolute Gasteiger partial charge is 0.0456 e. The number of benzene rings is 1. The third-order valence-corrected chi connectivity index (χ3v) is 5.64. The number of hydrogen-bond acceptors (Lipinski definition) is 0. The normalized spacial score (nSPS) is 11.4. The summed E-state index contributed by atoms with van der Waals surface area (Å²) in [6.07, 6.45) is 22.7. The molecule has 0 atom stereocenters. The molecule has 2 aromatic rings. The van der Waals surface area contributed by atoms with Crippen molar-refractivity contribution in [3.8, 4) is 0 Å². The monoisotopic (exact) mass is 355 g/mol. The highest BCUT2D eigenvalue weighted by molar-refractivity contribution is 5.80. The lowest BCUT2D eigenvalue weighted by Gasteiger charge is -2.03. The van der Waals surface area contributed by atoms with Crippen LogP contribution in [0, 0.1) is 0 Å². The predicted octanol–water partition coefficient (Wildman–Crippen LogP) is 8.58. The molecule has 0 saturated heterocycles. The van der Waals surface area contributed by atoms with E-state index < -0.39 is 0 Å². The van der Waals surface area contributed by atoms with E-state index in [0.717, 1.165) is 0 Å². The number of nitrogens with one attached hydrogen (secondary N) is 1. The summed E-state index contributed by atoms with van der Waals surface area (Å²) < 4.78 is 0. The van der Waals surface area contributed by atoms with Crippen LogP contribution in [-0.2, 0) is 6.42 Å². The van der Waals surface area contributed by atoms with Gasteiger partial charge in [-0.1, -0.05) is 115 Å². The number of para-hydroxylation sites is 1. The lowest BCUT2D eigenvalue weighted by molar-refractivity contribution is 0.532. The highest BCUT2D eigenvalue weighted by Gasteiger charge is 2.00. The second kappa shape index (κ2) is 13.9. The van der Waals surface area contributed by atoms with E-state index in [2.05, 4.69) is 42.2 Å². The molecule has 1 aromatic carbocycles. The molecule has 1 N–H and O–H groups in total. The third-order valence-electron chi connectivity index (χ3n) is 5.64. The summed E-state index contributed by atoms with van der Waals surface area (Å²) >= 11 is 0. The number of unbranched alkanes of at least 4 members (excludes halogenated alkanes) is 14. The minimum Gasteiger partial charge on any atom is -0.358 e. The van der Waals surface area contributed by atoms with E-state index in [0.29, 0.717) is 0 Å². The summed E-state index contributed by atoms with van der Waals surface area (Å²) in [4.78, 5) is 3.55. The van der Waals surface area contributed by atoms with E-state index in [-0.39, 0.29) is 0 Å². The molecule has 26 heavy (non-hydrogen) atoms. The van der Waals surface area contributed by atoms with Gasteiger partial charge in [0.25, 0.3) is 0 Å². The summed E-state index contributed by atoms with van der Waals surface area (Å²) in [7, 11) is 0. The van der Waals surface area contributed by atoms with Crippen LogP contribution in [-0.4, -0.2) is 4.98 Å². The number of hydrogen-bond donors (Lipinski definition) is 1. The molecule has 0 aliphatic rings. The van der Waals surface area contributed by atoms with Crippen LogP contribution in [0.5, 0.6) is 0 Å². The lowest BCUT2D eigenvalue weighted by atomic mass is 10.0. The van der Waals surface area contributed by atoms with E-state index in [9.17, 15) is 0 Å². The Morgan fingerprint density at radius 3 is 1.65 bits per heavy atom. The topological polar surface area (TPSA) is 15.8 Å². The van der Waals surface area contributed by atoms with E-state index in [1.165, 1.54) is 119 Å². The Kier molecular flexibility index (Phi) is 11.3. The Hall–Kier alpha value is -1.24. The number of aryl methyl sites for hydroxylation is 1. The molecule has 0 aliphatic carbocycles. The van der Waals surface area contributed by atoms with E-state index in [1.807, 2.05) is 0 Å². The number of H-pyrrole nitrogens is 1. The predicted molar refractivity (Wildman–Crippen MR) is 117 cm³/mol. The van der Waals surface area contributed by atoms with Gasteiger partial charge in [0.15, 0.2) is 0 Å². The van der Waals surface area contributed by atoms with E-state index in [4.69, 9.17) is 0 Å². The lowest BCUT2D eigenvalue weighted by Crippen LogP contribution is -1.86. The van der Waals surface area contributed by atoms with Crippen LogP contribution < -0.4 is 0 Å². The molecule has 0 amide bonds. The molecule has 0 fully saturated rings. The van der Waals surface area contributed by atoms with Crippen molar-refractivity contribution in [2.45, 2.75) is 110 Å². The van der Waals surface area contributed by atoms with Gasteiger partial charge in [0.05, 0.1) is 0 Å². The maximum absolute atomic E-state index is 3.55. The second-order valence-electron chi connectivity index (χ2n) is 8.08. The summed E-state index contributed by atoms with van der Waals surface area (Å²) in [6.45, 7) is 2.30. The zero-order chi connectivity index (χ0) is 18.3. The average molecular weight is 356 g/mol. The molecule has 1 heterocycles. The molecule has 2 rings (SSSR count). The Balaban J connectivity index is 1.34. The summed E-state index contributed by atoms with van der Waals surface area (Å²) in [5, 5.41) is 1.35. The van der Waals surface area contributed by atoms with E-state index >= 15 is 0 Å². The summed E-state index contributed by atoms with van der Waals surface area (Å²) in [5.74, 6) is 0. The zero-order valence-electron chi connectivity index (χ0n) is 17.2. The van der Waals surface area contributed by atoms with Crippen LogP contribution in [0.25, 0.3) is 10.9 Å². The largest absolute Gasteiger partial charge is 0.358 e. The van der Waals surface area contributed by atoms with Crippen LogP contribution in [0.1, 0.15) is 109 Å². The first-order valence-corrected chi connectivity index (χ1v) is 11.5. The first-order valence-electron chi connectivity index (χ1n) is 11.5. The van der Waals surface area contributed by atoms with Gasteiger partial charge in [0.2, 0.25) is 0 Å². The molecule has 1 nitrogen and oxygen atoms in total. The molecule has 0 radical (unpaired) electrons. The maximum Gasteiger partial charge on any atom is 0.0456 e. The molecule has 0 unspecified atom stereocenters. The van der Waals surface area contributed by atoms with Crippen molar-refractivity contribution in [3.05, 3.63) is 36.0 Å². The van der Waals surface area contributed by atoms with Crippen molar-refractivity contribution in [3.63, 3.8) is 0 Å². The third kappa shape index (κ3) is 8.92. The van der Waals surface area contributed by atoms with Crippen LogP contribution in [0.3, 0.4) is 0 Å². The highest BCUT2D eigenvalue weighted by atomic mass is 14.7. The standard InChI is InChI=1S/C25H41N/c1-2-3-4-5-6-7-8-9-10-11-12-13-14-15-16-20-24-22-23-19-17-18-21-25(23)26-24/h17-19,21-22,26H,2-16,20H2,1H3. The Labute approximate surface area is 162 Å². The number of aromatic amines is 1. The quantitative estimate of drug-likeness (QED) is 0.290. The summed E-state index contributed by atoms with van der Waals surface area (Å²) in [5.41, 5.74) is 2.68. The Morgan fingerprint density at radius 2 is 1.12 bits per heavy atom. The fourth-order valence-electron chi connectivity index (χ4n) is 3.95. The van der Waals surface area contributed by atoms with Gasteiger partial charge in [-0.2, -0.15) is 0 Å². The fourth-order valence-corrected chi connectivity index (χ4v) is 3.95. The van der Waals surface area contributed by atoms with Gasteiger partial charge < -0.3 is 4.98 Å². The molecule has 0 aliphatic heterocycles. The van der Waals surface area contributed by atoms with Crippen molar-refractivity contribution in [1.82, 2.24) is 4.98 Å². The van der Waals surface area contributed by atoms with Gasteiger partial charge in [-0.25, -0.2) is 0 Å². The van der Waals surface area contributed by atoms with E-state index in [1.54, 1.807) is 0 Å². The SMILES string of the molecule is CCCCCCCCCCCCCCCCCc1cc2ccccc2[nH]1. The van der Waals surface area contributed by atoms with Crippen molar-refractivity contribution in [1.29, 1.82) is 0 Å². The Bertz CT molecular complexity index is 535. The molecule has 0 spiro atoms. The number of fused-ring (bicyclic) bond motifs is 1. The zero-order valence-corrected chi connectivity index (χ0v) is 17.2. The minimum absolute atomic E-state index is 1.20. The average Bonchev–Trinajstić information content (AvgIpc) is 3.07. The highest BCUT2D eigenvalue weighted by Crippen LogP contribution is 2.17.